The van der Waals surface area contributed by atoms with E-state index in [2.05, 4.69) is 30.9 Å². The van der Waals surface area contributed by atoms with E-state index in [0.29, 0.717) is 46.4 Å². The van der Waals surface area contributed by atoms with Gasteiger partial charge in [0.05, 0.1) is 27.9 Å². The predicted octanol–water partition coefficient (Wildman–Crippen LogP) is 4.73. The van der Waals surface area contributed by atoms with E-state index in [-0.39, 0.29) is 5.11 Å². The summed E-state index contributed by atoms with van der Waals surface area (Å²) in [4.78, 5) is 13.5. The number of thiocarbonyl (C=S) groups is 1. The lowest BCUT2D eigenvalue weighted by Gasteiger charge is -2.17. The van der Waals surface area contributed by atoms with Gasteiger partial charge < -0.3 is 24.8 Å². The molecular formula is C24H27ClN6O3S. The maximum atomic E-state index is 6.30. The molecule has 0 radical (unpaired) electrons. The molecule has 0 fully saturated rings. The number of methoxy groups -OCH3 is 3. The molecule has 0 atom stereocenters. The predicted molar refractivity (Wildman–Crippen MR) is 143 cm³/mol. The number of benzene rings is 2. The third kappa shape index (κ3) is 7.17. The summed E-state index contributed by atoms with van der Waals surface area (Å²) in [5.74, 6) is 2.21. The van der Waals surface area contributed by atoms with Crippen molar-refractivity contribution in [2.75, 3.05) is 32.0 Å². The Hall–Kier alpha value is -3.63. The number of ether oxygens (including phenoxy) is 3. The van der Waals surface area contributed by atoms with Crippen molar-refractivity contribution < 1.29 is 14.2 Å². The number of halogens is 1. The van der Waals surface area contributed by atoms with E-state index in [1.165, 1.54) is 0 Å². The van der Waals surface area contributed by atoms with Gasteiger partial charge in [-0.3, -0.25) is 5.32 Å². The summed E-state index contributed by atoms with van der Waals surface area (Å²) >= 11 is 11.8. The van der Waals surface area contributed by atoms with Gasteiger partial charge in [-0.2, -0.15) is 0 Å². The van der Waals surface area contributed by atoms with Crippen LogP contribution in [0.1, 0.15) is 17.0 Å². The minimum Gasteiger partial charge on any atom is -0.493 e. The zero-order valence-electron chi connectivity index (χ0n) is 20.1. The van der Waals surface area contributed by atoms with Crippen molar-refractivity contribution in [3.05, 3.63) is 64.4 Å². The molecule has 0 saturated heterocycles. The molecule has 0 bridgehead atoms. The highest BCUT2D eigenvalue weighted by molar-refractivity contribution is 7.80. The molecule has 0 aliphatic carbocycles. The Bertz CT molecular complexity index is 1190. The standard InChI is InChI=1S/C24H27ClN6O3S/c1-14-10-15(2)28-23(27-14)30-22(26-13-16-8-6-7-9-18(16)25)31-24(35)29-17-11-19(32-3)21(34-5)20(12-17)33-4/h6-12H,13H2,1-5H3,(H3,26,27,28,29,30,31,35). The number of anilines is 2. The van der Waals surface area contributed by atoms with Crippen molar-refractivity contribution in [1.82, 2.24) is 15.3 Å². The minimum absolute atomic E-state index is 0.272. The fraction of sp³-hybridized carbons (Fsp3) is 0.250. The molecule has 0 aliphatic rings. The first-order valence-electron chi connectivity index (χ1n) is 10.6. The van der Waals surface area contributed by atoms with Crippen molar-refractivity contribution >= 4 is 46.5 Å². The summed E-state index contributed by atoms with van der Waals surface area (Å²) in [7, 11) is 4.64. The maximum absolute atomic E-state index is 6.30. The van der Waals surface area contributed by atoms with Crippen LogP contribution in [0.3, 0.4) is 0 Å². The molecule has 3 rings (SSSR count). The van der Waals surface area contributed by atoms with E-state index in [1.807, 2.05) is 44.2 Å². The van der Waals surface area contributed by atoms with Gasteiger partial charge in [-0.1, -0.05) is 29.8 Å². The second kappa shape index (κ2) is 12.2. The van der Waals surface area contributed by atoms with Gasteiger partial charge in [0.25, 0.3) is 0 Å². The molecule has 9 nitrogen and oxygen atoms in total. The lowest BCUT2D eigenvalue weighted by molar-refractivity contribution is 0.324. The van der Waals surface area contributed by atoms with Crippen LogP contribution in [0.2, 0.25) is 5.02 Å². The molecule has 184 valence electrons. The number of aryl methyl sites for hydroxylation is 2. The molecule has 0 unspecified atom stereocenters. The third-order valence-electron chi connectivity index (χ3n) is 4.73. The van der Waals surface area contributed by atoms with Crippen LogP contribution < -0.4 is 30.2 Å². The zero-order valence-corrected chi connectivity index (χ0v) is 21.7. The van der Waals surface area contributed by atoms with Crippen molar-refractivity contribution in [3.8, 4) is 17.2 Å². The molecule has 1 aromatic heterocycles. The van der Waals surface area contributed by atoms with Gasteiger partial charge in [0.2, 0.25) is 17.7 Å². The molecule has 35 heavy (non-hydrogen) atoms. The molecule has 1 heterocycles. The summed E-state index contributed by atoms with van der Waals surface area (Å²) in [6.45, 7) is 4.10. The highest BCUT2D eigenvalue weighted by Gasteiger charge is 2.14. The van der Waals surface area contributed by atoms with Crippen LogP contribution in [0.15, 0.2) is 47.5 Å². The van der Waals surface area contributed by atoms with Crippen LogP contribution in [0, 0.1) is 13.8 Å². The SMILES string of the molecule is COc1cc(NC(=S)NC(=NCc2ccccc2Cl)Nc2nc(C)cc(C)n2)cc(OC)c1OC. The number of hydrogen-bond donors (Lipinski definition) is 3. The summed E-state index contributed by atoms with van der Waals surface area (Å²) in [6.07, 6.45) is 0. The van der Waals surface area contributed by atoms with E-state index < -0.39 is 0 Å². The first-order chi connectivity index (χ1) is 16.8. The Kier molecular flexibility index (Phi) is 9.04. The van der Waals surface area contributed by atoms with Crippen molar-refractivity contribution in [1.29, 1.82) is 0 Å². The number of aromatic nitrogens is 2. The Morgan fingerprint density at radius 1 is 0.943 bits per heavy atom. The second-order valence-corrected chi connectivity index (χ2v) is 8.16. The molecule has 0 aliphatic heterocycles. The third-order valence-corrected chi connectivity index (χ3v) is 5.31. The molecule has 2 aromatic carbocycles. The average molecular weight is 515 g/mol. The Labute approximate surface area is 214 Å². The number of rotatable bonds is 7. The van der Waals surface area contributed by atoms with Gasteiger partial charge in [0.15, 0.2) is 16.6 Å². The van der Waals surface area contributed by atoms with Crippen LogP contribution >= 0.6 is 23.8 Å². The fourth-order valence-electron chi connectivity index (χ4n) is 3.21. The number of aliphatic imine (C=N–C) groups is 1. The zero-order chi connectivity index (χ0) is 25.4. The number of nitrogens with zero attached hydrogens (tertiary/aromatic N) is 3. The smallest absolute Gasteiger partial charge is 0.229 e. The van der Waals surface area contributed by atoms with E-state index in [9.17, 15) is 0 Å². The van der Waals surface area contributed by atoms with Gasteiger partial charge in [-0.15, -0.1) is 0 Å². The van der Waals surface area contributed by atoms with E-state index in [0.717, 1.165) is 17.0 Å². The molecule has 0 spiro atoms. The summed E-state index contributed by atoms with van der Waals surface area (Å²) < 4.78 is 16.2. The molecule has 0 amide bonds. The van der Waals surface area contributed by atoms with Gasteiger partial charge >= 0.3 is 0 Å². The Morgan fingerprint density at radius 2 is 1.57 bits per heavy atom. The van der Waals surface area contributed by atoms with Gasteiger partial charge in [-0.05, 0) is 43.8 Å². The first kappa shape index (κ1) is 26.0. The largest absolute Gasteiger partial charge is 0.493 e. The summed E-state index contributed by atoms with van der Waals surface area (Å²) in [5.41, 5.74) is 3.14. The normalized spacial score (nSPS) is 11.0. The summed E-state index contributed by atoms with van der Waals surface area (Å²) in [5, 5.41) is 10.2. The minimum atomic E-state index is 0.272. The highest BCUT2D eigenvalue weighted by atomic mass is 35.5. The average Bonchev–Trinajstić information content (AvgIpc) is 2.82. The van der Waals surface area contributed by atoms with Crippen molar-refractivity contribution in [2.24, 2.45) is 4.99 Å². The lowest BCUT2D eigenvalue weighted by Crippen LogP contribution is -2.39. The quantitative estimate of drug-likeness (QED) is 0.234. The van der Waals surface area contributed by atoms with Crippen molar-refractivity contribution in [2.45, 2.75) is 20.4 Å². The van der Waals surface area contributed by atoms with E-state index in [1.54, 1.807) is 33.5 Å². The van der Waals surface area contributed by atoms with E-state index in [4.69, 9.17) is 38.0 Å². The highest BCUT2D eigenvalue weighted by Crippen LogP contribution is 2.39. The van der Waals surface area contributed by atoms with Gasteiger partial charge in [0.1, 0.15) is 0 Å². The van der Waals surface area contributed by atoms with Gasteiger partial charge in [-0.25, -0.2) is 15.0 Å². The Morgan fingerprint density at radius 3 is 2.14 bits per heavy atom. The molecule has 0 saturated carbocycles. The number of guanidine groups is 1. The number of nitrogens with one attached hydrogen (secondary N) is 3. The van der Waals surface area contributed by atoms with Gasteiger partial charge in [0, 0.05) is 34.2 Å². The molecule has 3 N–H and O–H groups in total. The second-order valence-electron chi connectivity index (χ2n) is 7.35. The molecular weight excluding hydrogens is 488 g/mol. The Balaban J connectivity index is 1.84. The monoisotopic (exact) mass is 514 g/mol. The molecule has 11 heteroatoms. The number of hydrogen-bond acceptors (Lipinski definition) is 7. The fourth-order valence-corrected chi connectivity index (χ4v) is 3.62. The van der Waals surface area contributed by atoms with Crippen LogP contribution in [0.4, 0.5) is 11.6 Å². The maximum Gasteiger partial charge on any atom is 0.229 e. The van der Waals surface area contributed by atoms with Crippen LogP contribution in [-0.2, 0) is 6.54 Å². The topological polar surface area (TPSA) is 102 Å². The van der Waals surface area contributed by atoms with Crippen LogP contribution in [0.25, 0.3) is 0 Å². The van der Waals surface area contributed by atoms with E-state index >= 15 is 0 Å². The van der Waals surface area contributed by atoms with Crippen LogP contribution in [0.5, 0.6) is 17.2 Å². The molecule has 3 aromatic rings. The van der Waals surface area contributed by atoms with Crippen molar-refractivity contribution in [3.63, 3.8) is 0 Å². The summed E-state index contributed by atoms with van der Waals surface area (Å²) in [6, 6.07) is 12.9. The lowest BCUT2D eigenvalue weighted by atomic mass is 10.2. The van der Waals surface area contributed by atoms with Crippen LogP contribution in [-0.4, -0.2) is 42.4 Å². The first-order valence-corrected chi connectivity index (χ1v) is 11.4.